The first-order chi connectivity index (χ1) is 8.36. The summed E-state index contributed by atoms with van der Waals surface area (Å²) in [6, 6.07) is 9.99. The largest absolute Gasteiger partial charge is 0.294 e. The second-order valence-electron chi connectivity index (χ2n) is 4.38. The first kappa shape index (κ1) is 10.3. The number of hydrogen-bond donors (Lipinski definition) is 0. The maximum absolute atomic E-state index is 11.9. The summed E-state index contributed by atoms with van der Waals surface area (Å²) in [6.07, 6.45) is 5.37. The molecule has 86 valence electrons. The zero-order valence-corrected chi connectivity index (χ0v) is 9.60. The third-order valence-electron chi connectivity index (χ3n) is 3.24. The van der Waals surface area contributed by atoms with E-state index in [1.54, 1.807) is 6.20 Å². The van der Waals surface area contributed by atoms with Gasteiger partial charge < -0.3 is 0 Å². The number of hydrogen-bond acceptors (Lipinski definition) is 2. The van der Waals surface area contributed by atoms with Crippen LogP contribution in [0.4, 0.5) is 0 Å². The Morgan fingerprint density at radius 3 is 2.65 bits per heavy atom. The molecule has 17 heavy (non-hydrogen) atoms. The minimum absolute atomic E-state index is 0.236. The SMILES string of the molecule is O=C1CCCCc2c1cnn2-c1ccccc1. The lowest BCUT2D eigenvalue weighted by atomic mass is 10.1. The molecule has 0 amide bonds. The fraction of sp³-hybridized carbons (Fsp3) is 0.286. The number of carbonyl (C=O) groups excluding carboxylic acids is 1. The molecular formula is C14H14N2O. The van der Waals surface area contributed by atoms with Gasteiger partial charge in [-0.1, -0.05) is 18.2 Å². The van der Waals surface area contributed by atoms with Crippen LogP contribution in [0.3, 0.4) is 0 Å². The Kier molecular flexibility index (Phi) is 2.52. The van der Waals surface area contributed by atoms with Gasteiger partial charge in [0.25, 0.3) is 0 Å². The normalized spacial score (nSPS) is 15.4. The van der Waals surface area contributed by atoms with Crippen LogP contribution in [0.15, 0.2) is 36.5 Å². The molecule has 0 N–H and O–H groups in total. The first-order valence-corrected chi connectivity index (χ1v) is 6.02. The molecule has 0 aliphatic heterocycles. The standard InChI is InChI=1S/C14H14N2O/c17-14-9-5-4-8-13-12(14)10-15-16(13)11-6-2-1-3-7-11/h1-3,6-7,10H,4-5,8-9H2. The maximum Gasteiger partial charge on any atom is 0.166 e. The molecule has 1 aliphatic rings. The smallest absolute Gasteiger partial charge is 0.166 e. The summed E-state index contributed by atoms with van der Waals surface area (Å²) in [7, 11) is 0. The predicted octanol–water partition coefficient (Wildman–Crippen LogP) is 2.78. The average molecular weight is 226 g/mol. The highest BCUT2D eigenvalue weighted by Crippen LogP contribution is 2.22. The predicted molar refractivity (Wildman–Crippen MR) is 65.4 cm³/mol. The molecule has 1 aromatic heterocycles. The van der Waals surface area contributed by atoms with Gasteiger partial charge in [-0.05, 0) is 31.4 Å². The highest BCUT2D eigenvalue weighted by atomic mass is 16.1. The number of ketones is 1. The van der Waals surface area contributed by atoms with Crippen LogP contribution in [-0.4, -0.2) is 15.6 Å². The summed E-state index contributed by atoms with van der Waals surface area (Å²) in [6.45, 7) is 0. The number of benzene rings is 1. The van der Waals surface area contributed by atoms with Crippen molar-refractivity contribution in [3.05, 3.63) is 47.8 Å². The lowest BCUT2D eigenvalue weighted by Crippen LogP contribution is -2.04. The fourth-order valence-electron chi connectivity index (χ4n) is 2.35. The number of fused-ring (bicyclic) bond motifs is 1. The molecule has 0 unspecified atom stereocenters. The molecule has 1 aromatic carbocycles. The van der Waals surface area contributed by atoms with Crippen LogP contribution in [0.1, 0.15) is 35.3 Å². The van der Waals surface area contributed by atoms with Gasteiger partial charge in [0.2, 0.25) is 0 Å². The van der Waals surface area contributed by atoms with Crippen molar-refractivity contribution in [1.29, 1.82) is 0 Å². The Balaban J connectivity index is 2.11. The Labute approximate surface area is 100 Å². The molecule has 0 atom stereocenters. The highest BCUT2D eigenvalue weighted by Gasteiger charge is 2.20. The monoisotopic (exact) mass is 226 g/mol. The lowest BCUT2D eigenvalue weighted by molar-refractivity contribution is 0.0982. The first-order valence-electron chi connectivity index (χ1n) is 6.02. The van der Waals surface area contributed by atoms with E-state index in [0.717, 1.165) is 36.2 Å². The van der Waals surface area contributed by atoms with E-state index in [0.29, 0.717) is 6.42 Å². The van der Waals surface area contributed by atoms with E-state index in [9.17, 15) is 4.79 Å². The van der Waals surface area contributed by atoms with E-state index < -0.39 is 0 Å². The number of para-hydroxylation sites is 1. The Morgan fingerprint density at radius 2 is 1.82 bits per heavy atom. The van der Waals surface area contributed by atoms with Gasteiger partial charge in [-0.15, -0.1) is 0 Å². The summed E-state index contributed by atoms with van der Waals surface area (Å²) >= 11 is 0. The molecule has 1 heterocycles. The zero-order chi connectivity index (χ0) is 11.7. The van der Waals surface area contributed by atoms with Gasteiger partial charge in [0.15, 0.2) is 5.78 Å². The maximum atomic E-state index is 11.9. The van der Waals surface area contributed by atoms with Crippen LogP contribution in [-0.2, 0) is 6.42 Å². The highest BCUT2D eigenvalue weighted by molar-refractivity contribution is 5.97. The Hall–Kier alpha value is -1.90. The lowest BCUT2D eigenvalue weighted by Gasteiger charge is -2.06. The van der Waals surface area contributed by atoms with Gasteiger partial charge in [-0.25, -0.2) is 4.68 Å². The number of aromatic nitrogens is 2. The average Bonchev–Trinajstić information content (AvgIpc) is 2.71. The van der Waals surface area contributed by atoms with E-state index in [2.05, 4.69) is 5.10 Å². The molecule has 3 nitrogen and oxygen atoms in total. The van der Waals surface area contributed by atoms with Crippen LogP contribution in [0.2, 0.25) is 0 Å². The summed E-state index contributed by atoms with van der Waals surface area (Å²) in [4.78, 5) is 11.9. The second kappa shape index (κ2) is 4.17. The molecule has 1 aliphatic carbocycles. The molecule has 3 heteroatoms. The third kappa shape index (κ3) is 1.78. The van der Waals surface area contributed by atoms with Crippen molar-refractivity contribution in [2.24, 2.45) is 0 Å². The van der Waals surface area contributed by atoms with Crippen LogP contribution >= 0.6 is 0 Å². The van der Waals surface area contributed by atoms with E-state index in [-0.39, 0.29) is 5.78 Å². The summed E-state index contributed by atoms with van der Waals surface area (Å²) in [5.74, 6) is 0.236. The zero-order valence-electron chi connectivity index (χ0n) is 9.60. The topological polar surface area (TPSA) is 34.9 Å². The van der Waals surface area contributed by atoms with Crippen molar-refractivity contribution in [3.63, 3.8) is 0 Å². The van der Waals surface area contributed by atoms with Crippen LogP contribution in [0.5, 0.6) is 0 Å². The number of rotatable bonds is 1. The third-order valence-corrected chi connectivity index (χ3v) is 3.24. The molecule has 0 bridgehead atoms. The van der Waals surface area contributed by atoms with Crippen molar-refractivity contribution in [2.45, 2.75) is 25.7 Å². The Morgan fingerprint density at radius 1 is 1.06 bits per heavy atom. The molecular weight excluding hydrogens is 212 g/mol. The molecule has 0 spiro atoms. The van der Waals surface area contributed by atoms with Gasteiger partial charge in [0, 0.05) is 6.42 Å². The Bertz CT molecular complexity index is 543. The van der Waals surface area contributed by atoms with Crippen molar-refractivity contribution < 1.29 is 4.79 Å². The second-order valence-corrected chi connectivity index (χ2v) is 4.38. The van der Waals surface area contributed by atoms with Crippen LogP contribution in [0.25, 0.3) is 5.69 Å². The minimum atomic E-state index is 0.236. The van der Waals surface area contributed by atoms with Gasteiger partial charge in [-0.2, -0.15) is 5.10 Å². The van der Waals surface area contributed by atoms with Gasteiger partial charge in [0.1, 0.15) is 0 Å². The number of nitrogens with zero attached hydrogens (tertiary/aromatic N) is 2. The molecule has 0 saturated carbocycles. The van der Waals surface area contributed by atoms with E-state index in [4.69, 9.17) is 0 Å². The molecule has 0 saturated heterocycles. The minimum Gasteiger partial charge on any atom is -0.294 e. The molecule has 0 radical (unpaired) electrons. The van der Waals surface area contributed by atoms with Crippen LogP contribution < -0.4 is 0 Å². The quantitative estimate of drug-likeness (QED) is 0.701. The fourth-order valence-corrected chi connectivity index (χ4v) is 2.35. The van der Waals surface area contributed by atoms with Gasteiger partial charge in [0.05, 0.1) is 23.1 Å². The van der Waals surface area contributed by atoms with Gasteiger partial charge >= 0.3 is 0 Å². The van der Waals surface area contributed by atoms with Crippen molar-refractivity contribution in [1.82, 2.24) is 9.78 Å². The van der Waals surface area contributed by atoms with E-state index in [1.807, 2.05) is 35.0 Å². The summed E-state index contributed by atoms with van der Waals surface area (Å²) in [5, 5.41) is 4.36. The van der Waals surface area contributed by atoms with E-state index in [1.165, 1.54) is 0 Å². The summed E-state index contributed by atoms with van der Waals surface area (Å²) < 4.78 is 1.90. The number of carbonyl (C=O) groups is 1. The van der Waals surface area contributed by atoms with E-state index >= 15 is 0 Å². The van der Waals surface area contributed by atoms with Crippen molar-refractivity contribution in [2.75, 3.05) is 0 Å². The molecule has 3 rings (SSSR count). The number of Topliss-reactive ketones (excluding diaryl/α,β-unsaturated/α-hetero) is 1. The van der Waals surface area contributed by atoms with Crippen molar-refractivity contribution in [3.8, 4) is 5.69 Å². The van der Waals surface area contributed by atoms with Crippen LogP contribution in [0, 0.1) is 0 Å². The molecule has 2 aromatic rings. The molecule has 0 fully saturated rings. The summed E-state index contributed by atoms with van der Waals surface area (Å²) in [5.41, 5.74) is 2.91. The van der Waals surface area contributed by atoms with Gasteiger partial charge in [-0.3, -0.25) is 4.79 Å². The van der Waals surface area contributed by atoms with Crippen molar-refractivity contribution >= 4 is 5.78 Å².